The zero-order chi connectivity index (χ0) is 27.5. The maximum Gasteiger partial charge on any atom is 0.420 e. The summed E-state index contributed by atoms with van der Waals surface area (Å²) in [5.74, 6) is -0.668. The smallest absolute Gasteiger partial charge is 0.420 e. The maximum absolute atomic E-state index is 13.4. The number of hydrogen-bond acceptors (Lipinski definition) is 7. The molecule has 2 heterocycles. The van der Waals surface area contributed by atoms with E-state index in [2.05, 4.69) is 20.6 Å². The minimum atomic E-state index is -4.65. The zero-order valence-corrected chi connectivity index (χ0v) is 20.8. The topological polar surface area (TPSA) is 112 Å². The lowest BCUT2D eigenvalue weighted by molar-refractivity contribution is -0.138. The van der Waals surface area contributed by atoms with Gasteiger partial charge in [-0.3, -0.25) is 19.6 Å². The van der Waals surface area contributed by atoms with E-state index in [-0.39, 0.29) is 23.0 Å². The Balaban J connectivity index is 1.40. The van der Waals surface area contributed by atoms with Gasteiger partial charge in [-0.05, 0) is 56.2 Å². The molecule has 1 aliphatic carbocycles. The number of methoxy groups -OCH3 is 2. The van der Waals surface area contributed by atoms with Crippen molar-refractivity contribution in [2.45, 2.75) is 37.5 Å². The molecule has 1 fully saturated rings. The second kappa shape index (κ2) is 10.6. The number of alkyl halides is 3. The van der Waals surface area contributed by atoms with Crippen molar-refractivity contribution in [3.8, 4) is 23.0 Å². The Kier molecular flexibility index (Phi) is 7.42. The first-order valence-electron chi connectivity index (χ1n) is 11.6. The zero-order valence-electron chi connectivity index (χ0n) is 20.8. The van der Waals surface area contributed by atoms with E-state index in [1.54, 1.807) is 6.92 Å². The first-order valence-corrected chi connectivity index (χ1v) is 11.6. The fourth-order valence-electron chi connectivity index (χ4n) is 3.67. The third-order valence-corrected chi connectivity index (χ3v) is 6.02. The van der Waals surface area contributed by atoms with Gasteiger partial charge in [0, 0.05) is 6.20 Å². The molecule has 0 radical (unpaired) electrons. The van der Waals surface area contributed by atoms with Crippen molar-refractivity contribution >= 4 is 11.8 Å². The van der Waals surface area contributed by atoms with Crippen LogP contribution < -0.4 is 24.8 Å². The average molecular weight is 531 g/mol. The molecular weight excluding hydrogens is 505 g/mol. The molecule has 0 unspecified atom stereocenters. The van der Waals surface area contributed by atoms with Crippen LogP contribution in [-0.4, -0.2) is 41.5 Å². The number of benzene rings is 1. The van der Waals surface area contributed by atoms with Crippen LogP contribution in [0, 0.1) is 0 Å². The summed E-state index contributed by atoms with van der Waals surface area (Å²) in [4.78, 5) is 33.8. The molecule has 0 bridgehead atoms. The summed E-state index contributed by atoms with van der Waals surface area (Å²) in [7, 11) is 2.73. The van der Waals surface area contributed by atoms with Gasteiger partial charge in [0.05, 0.1) is 43.9 Å². The maximum atomic E-state index is 13.4. The van der Waals surface area contributed by atoms with Crippen LogP contribution in [0.3, 0.4) is 0 Å². The second-order valence-corrected chi connectivity index (χ2v) is 8.73. The van der Waals surface area contributed by atoms with Crippen molar-refractivity contribution in [3.63, 3.8) is 0 Å². The number of amides is 2. The van der Waals surface area contributed by atoms with E-state index in [0.29, 0.717) is 24.3 Å². The van der Waals surface area contributed by atoms with Gasteiger partial charge in [-0.15, -0.1) is 0 Å². The first kappa shape index (κ1) is 26.7. The third kappa shape index (κ3) is 5.96. The predicted molar refractivity (Wildman–Crippen MR) is 129 cm³/mol. The molecule has 38 heavy (non-hydrogen) atoms. The number of carbonyl (C=O) groups excluding carboxylic acids is 2. The van der Waals surface area contributed by atoms with Crippen LogP contribution in [0.4, 0.5) is 13.2 Å². The molecule has 12 heteroatoms. The van der Waals surface area contributed by atoms with E-state index in [9.17, 15) is 22.8 Å². The molecule has 1 aromatic carbocycles. The third-order valence-electron chi connectivity index (χ3n) is 6.02. The normalized spacial score (nSPS) is 14.7. The standard InChI is InChI=1S/C26H25F3N4O5/c1-15(32-24(35)25(8-9-25)33-23(34)16-10-19(37-3)13-30-12-16)21-6-4-18(14-31-21)38-22-7-5-17(36-2)11-20(22)26(27,28)29/h4-7,10-15H,8-9H2,1-3H3,(H,32,35)(H,33,34)/t15-/m1/s1. The highest BCUT2D eigenvalue weighted by atomic mass is 19.4. The summed E-state index contributed by atoms with van der Waals surface area (Å²) in [6.07, 6.45) is 0.413. The van der Waals surface area contributed by atoms with E-state index < -0.39 is 35.0 Å². The van der Waals surface area contributed by atoms with Crippen molar-refractivity contribution in [1.29, 1.82) is 0 Å². The number of nitrogens with zero attached hydrogens (tertiary/aromatic N) is 2. The van der Waals surface area contributed by atoms with Gasteiger partial charge in [0.25, 0.3) is 5.91 Å². The van der Waals surface area contributed by atoms with Crippen molar-refractivity contribution in [3.05, 3.63) is 71.8 Å². The molecule has 0 spiro atoms. The van der Waals surface area contributed by atoms with Crippen LogP contribution in [-0.2, 0) is 11.0 Å². The molecule has 1 saturated carbocycles. The summed E-state index contributed by atoms with van der Waals surface area (Å²) in [5.41, 5.74) is -1.31. The van der Waals surface area contributed by atoms with Gasteiger partial charge in [0.2, 0.25) is 5.91 Å². The SMILES string of the molecule is COc1cncc(C(=O)NC2(C(=O)N[C@H](C)c3ccc(Oc4ccc(OC)cc4C(F)(F)F)cn3)CC2)c1. The molecule has 9 nitrogen and oxygen atoms in total. The van der Waals surface area contributed by atoms with Crippen LogP contribution in [0.1, 0.15) is 47.4 Å². The molecule has 0 aliphatic heterocycles. The monoisotopic (exact) mass is 530 g/mol. The van der Waals surface area contributed by atoms with Crippen molar-refractivity contribution < 1.29 is 37.0 Å². The number of carbonyl (C=O) groups is 2. The first-order chi connectivity index (χ1) is 18.0. The number of pyridine rings is 2. The van der Waals surface area contributed by atoms with Gasteiger partial charge in [0.1, 0.15) is 34.1 Å². The van der Waals surface area contributed by atoms with E-state index >= 15 is 0 Å². The quantitative estimate of drug-likeness (QED) is 0.421. The highest BCUT2D eigenvalue weighted by Gasteiger charge is 2.51. The van der Waals surface area contributed by atoms with Gasteiger partial charge < -0.3 is 24.8 Å². The molecule has 2 amide bonds. The molecule has 1 aliphatic rings. The molecule has 2 aromatic heterocycles. The number of rotatable bonds is 9. The number of ether oxygens (including phenoxy) is 3. The van der Waals surface area contributed by atoms with Gasteiger partial charge >= 0.3 is 6.18 Å². The van der Waals surface area contributed by atoms with Gasteiger partial charge in [-0.1, -0.05) is 0 Å². The Hall–Kier alpha value is -4.35. The molecule has 3 aromatic rings. The number of hydrogen-bond donors (Lipinski definition) is 2. The van der Waals surface area contributed by atoms with E-state index in [4.69, 9.17) is 14.2 Å². The lowest BCUT2D eigenvalue weighted by Crippen LogP contribution is -2.49. The minimum absolute atomic E-state index is 0.0486. The van der Waals surface area contributed by atoms with E-state index in [1.165, 1.54) is 63.1 Å². The Morgan fingerprint density at radius 3 is 2.29 bits per heavy atom. The number of aromatic nitrogens is 2. The molecule has 200 valence electrons. The van der Waals surface area contributed by atoms with Crippen LogP contribution in [0.5, 0.6) is 23.0 Å². The Morgan fingerprint density at radius 1 is 0.974 bits per heavy atom. The second-order valence-electron chi connectivity index (χ2n) is 8.73. The Labute approximate surface area is 216 Å². The summed E-state index contributed by atoms with van der Waals surface area (Å²) in [5, 5.41) is 5.60. The van der Waals surface area contributed by atoms with Crippen molar-refractivity contribution in [1.82, 2.24) is 20.6 Å². The average Bonchev–Trinajstić information content (AvgIpc) is 3.69. The summed E-state index contributed by atoms with van der Waals surface area (Å²) < 4.78 is 55.7. The van der Waals surface area contributed by atoms with Gasteiger partial charge in [0.15, 0.2) is 0 Å². The highest BCUT2D eigenvalue weighted by molar-refractivity contribution is 6.00. The molecular formula is C26H25F3N4O5. The Morgan fingerprint density at radius 2 is 1.68 bits per heavy atom. The summed E-state index contributed by atoms with van der Waals surface area (Å²) >= 11 is 0. The van der Waals surface area contributed by atoms with Crippen LogP contribution in [0.2, 0.25) is 0 Å². The van der Waals surface area contributed by atoms with Crippen LogP contribution in [0.25, 0.3) is 0 Å². The fraction of sp³-hybridized carbons (Fsp3) is 0.308. The van der Waals surface area contributed by atoms with Crippen LogP contribution in [0.15, 0.2) is 55.0 Å². The van der Waals surface area contributed by atoms with Crippen LogP contribution >= 0.6 is 0 Å². The van der Waals surface area contributed by atoms with Crippen molar-refractivity contribution in [2.24, 2.45) is 0 Å². The van der Waals surface area contributed by atoms with Gasteiger partial charge in [-0.2, -0.15) is 13.2 Å². The highest BCUT2D eigenvalue weighted by Crippen LogP contribution is 2.40. The summed E-state index contributed by atoms with van der Waals surface area (Å²) in [6, 6.07) is 7.36. The van der Waals surface area contributed by atoms with E-state index in [0.717, 1.165) is 6.07 Å². The predicted octanol–water partition coefficient (Wildman–Crippen LogP) is 4.44. The fourth-order valence-corrected chi connectivity index (χ4v) is 3.67. The lowest BCUT2D eigenvalue weighted by atomic mass is 10.1. The van der Waals surface area contributed by atoms with Crippen molar-refractivity contribution in [2.75, 3.05) is 14.2 Å². The largest absolute Gasteiger partial charge is 0.497 e. The summed E-state index contributed by atoms with van der Waals surface area (Å²) in [6.45, 7) is 1.70. The number of nitrogens with one attached hydrogen (secondary N) is 2. The molecule has 1 atom stereocenters. The van der Waals surface area contributed by atoms with Gasteiger partial charge in [-0.25, -0.2) is 0 Å². The molecule has 4 rings (SSSR count). The molecule has 2 N–H and O–H groups in total. The molecule has 0 saturated heterocycles. The number of halogens is 3. The van der Waals surface area contributed by atoms with E-state index in [1.807, 2.05) is 0 Å². The Bertz CT molecular complexity index is 1330. The lowest BCUT2D eigenvalue weighted by Gasteiger charge is -2.21. The minimum Gasteiger partial charge on any atom is -0.497 e.